The van der Waals surface area contributed by atoms with Crippen LogP contribution in [0.1, 0.15) is 44.7 Å². The minimum absolute atomic E-state index is 0.0616. The zero-order valence-electron chi connectivity index (χ0n) is 11.6. The van der Waals surface area contributed by atoms with Gasteiger partial charge in [-0.15, -0.1) is 0 Å². The molecule has 0 saturated heterocycles. The molecule has 1 aromatic carbocycles. The van der Waals surface area contributed by atoms with Crippen LogP contribution in [0.4, 0.5) is 0 Å². The summed E-state index contributed by atoms with van der Waals surface area (Å²) in [5.74, 6) is -0.820. The molecule has 2 N–H and O–H groups in total. The van der Waals surface area contributed by atoms with Crippen LogP contribution in [-0.2, 0) is 10.2 Å². The number of H-pyrrole nitrogens is 1. The van der Waals surface area contributed by atoms with Crippen LogP contribution in [0.2, 0.25) is 0 Å². The molecular weight excluding hydrogens is 256 g/mol. The van der Waals surface area contributed by atoms with Crippen LogP contribution >= 0.6 is 0 Å². The number of rotatable bonds is 4. The first-order valence-electron chi connectivity index (χ1n) is 6.85. The Hall–Kier alpha value is -2.04. The first-order chi connectivity index (χ1) is 9.38. The predicted octanol–water partition coefficient (Wildman–Crippen LogP) is 2.42. The third kappa shape index (κ3) is 2.13. The molecule has 0 radical (unpaired) electrons. The molecule has 5 heteroatoms. The van der Waals surface area contributed by atoms with Gasteiger partial charge in [0, 0.05) is 11.5 Å². The lowest BCUT2D eigenvalue weighted by molar-refractivity contribution is -0.138. The number of carboxylic acid groups (broad SMARTS) is 1. The highest BCUT2D eigenvalue weighted by molar-refractivity contribution is 5.77. The molecule has 1 heterocycles. The van der Waals surface area contributed by atoms with Crippen molar-refractivity contribution in [2.45, 2.75) is 44.6 Å². The van der Waals surface area contributed by atoms with E-state index in [2.05, 4.69) is 4.98 Å². The molecule has 2 aromatic rings. The number of carbonyl (C=O) groups is 1. The lowest BCUT2D eigenvalue weighted by atomic mass is 9.81. The summed E-state index contributed by atoms with van der Waals surface area (Å²) in [6.07, 6.45) is 2.17. The average Bonchev–Trinajstić information content (AvgIpc) is 3.09. The van der Waals surface area contributed by atoms with E-state index in [4.69, 9.17) is 5.11 Å². The van der Waals surface area contributed by atoms with Crippen LogP contribution in [-0.4, -0.2) is 20.6 Å². The van der Waals surface area contributed by atoms with Gasteiger partial charge in [-0.25, -0.2) is 4.79 Å². The van der Waals surface area contributed by atoms with E-state index >= 15 is 0 Å². The number of nitrogens with zero attached hydrogens (tertiary/aromatic N) is 1. The molecule has 1 aliphatic carbocycles. The Morgan fingerprint density at radius 3 is 2.75 bits per heavy atom. The number of aliphatic carboxylic acids is 1. The normalized spacial score (nSPS) is 15.7. The van der Waals surface area contributed by atoms with Crippen molar-refractivity contribution in [3.63, 3.8) is 0 Å². The van der Waals surface area contributed by atoms with E-state index in [-0.39, 0.29) is 12.1 Å². The van der Waals surface area contributed by atoms with Crippen LogP contribution in [0.15, 0.2) is 23.0 Å². The highest BCUT2D eigenvalue weighted by Crippen LogP contribution is 2.36. The molecule has 106 valence electrons. The molecular formula is C15H18N2O3. The van der Waals surface area contributed by atoms with Gasteiger partial charge in [0.1, 0.15) is 0 Å². The quantitative estimate of drug-likeness (QED) is 0.899. The molecule has 20 heavy (non-hydrogen) atoms. The molecule has 0 bridgehead atoms. The summed E-state index contributed by atoms with van der Waals surface area (Å²) in [7, 11) is 0. The fourth-order valence-corrected chi connectivity index (χ4v) is 2.73. The first kappa shape index (κ1) is 13.0. The number of aromatic amines is 1. The van der Waals surface area contributed by atoms with Gasteiger partial charge in [0.15, 0.2) is 0 Å². The monoisotopic (exact) mass is 274 g/mol. The van der Waals surface area contributed by atoms with Crippen molar-refractivity contribution >= 4 is 17.0 Å². The Balaban J connectivity index is 2.07. The molecule has 1 fully saturated rings. The second kappa shape index (κ2) is 4.23. The van der Waals surface area contributed by atoms with Gasteiger partial charge in [0.2, 0.25) is 0 Å². The minimum Gasteiger partial charge on any atom is -0.481 e. The molecule has 0 spiro atoms. The largest absolute Gasteiger partial charge is 0.481 e. The van der Waals surface area contributed by atoms with E-state index < -0.39 is 11.4 Å². The maximum absolute atomic E-state index is 12.0. The molecule has 0 atom stereocenters. The van der Waals surface area contributed by atoms with E-state index in [1.807, 2.05) is 36.6 Å². The van der Waals surface area contributed by atoms with Crippen LogP contribution < -0.4 is 5.69 Å². The highest BCUT2D eigenvalue weighted by Gasteiger charge is 2.28. The summed E-state index contributed by atoms with van der Waals surface area (Å²) in [5, 5.41) is 8.99. The van der Waals surface area contributed by atoms with Crippen LogP contribution in [0.25, 0.3) is 11.0 Å². The van der Waals surface area contributed by atoms with Crippen molar-refractivity contribution in [3.05, 3.63) is 34.2 Å². The summed E-state index contributed by atoms with van der Waals surface area (Å²) >= 11 is 0. The smallest absolute Gasteiger partial charge is 0.326 e. The number of nitrogens with one attached hydrogen (secondary N) is 1. The number of carboxylic acids is 1. The Kier molecular flexibility index (Phi) is 2.74. The number of aromatic nitrogens is 2. The summed E-state index contributed by atoms with van der Waals surface area (Å²) < 4.78 is 1.81. The van der Waals surface area contributed by atoms with E-state index in [0.717, 1.165) is 29.4 Å². The van der Waals surface area contributed by atoms with Gasteiger partial charge in [-0.1, -0.05) is 19.9 Å². The molecule has 1 aromatic heterocycles. The van der Waals surface area contributed by atoms with E-state index in [9.17, 15) is 9.59 Å². The zero-order valence-corrected chi connectivity index (χ0v) is 11.6. The summed E-state index contributed by atoms with van der Waals surface area (Å²) in [6.45, 7) is 3.80. The highest BCUT2D eigenvalue weighted by atomic mass is 16.4. The Bertz CT molecular complexity index is 735. The summed E-state index contributed by atoms with van der Waals surface area (Å²) in [6, 6.07) is 6.08. The predicted molar refractivity (Wildman–Crippen MR) is 76.1 cm³/mol. The molecule has 1 saturated carbocycles. The number of hydrogen-bond donors (Lipinski definition) is 2. The maximum Gasteiger partial charge on any atom is 0.326 e. The van der Waals surface area contributed by atoms with E-state index in [1.165, 1.54) is 0 Å². The second-order valence-corrected chi connectivity index (χ2v) is 6.22. The fourth-order valence-electron chi connectivity index (χ4n) is 2.73. The van der Waals surface area contributed by atoms with Gasteiger partial charge in [-0.2, -0.15) is 0 Å². The summed E-state index contributed by atoms with van der Waals surface area (Å²) in [4.78, 5) is 25.8. The van der Waals surface area contributed by atoms with Gasteiger partial charge in [0.25, 0.3) is 0 Å². The maximum atomic E-state index is 12.0. The van der Waals surface area contributed by atoms with Gasteiger partial charge in [-0.05, 0) is 30.5 Å². The molecule has 5 nitrogen and oxygen atoms in total. The lowest BCUT2D eigenvalue weighted by Crippen LogP contribution is -2.21. The lowest BCUT2D eigenvalue weighted by Gasteiger charge is -2.23. The Morgan fingerprint density at radius 1 is 1.45 bits per heavy atom. The average molecular weight is 274 g/mol. The van der Waals surface area contributed by atoms with Crippen molar-refractivity contribution in [3.8, 4) is 0 Å². The van der Waals surface area contributed by atoms with Crippen LogP contribution in [0, 0.1) is 0 Å². The molecule has 0 amide bonds. The SMILES string of the molecule is CC(C)(CC(=O)O)c1ccc2c(c1)[nH]c(=O)n2C1CC1. The third-order valence-corrected chi connectivity index (χ3v) is 4.00. The Labute approximate surface area is 116 Å². The fraction of sp³-hybridized carbons (Fsp3) is 0.467. The van der Waals surface area contributed by atoms with Gasteiger partial charge in [-0.3, -0.25) is 9.36 Å². The zero-order chi connectivity index (χ0) is 14.5. The van der Waals surface area contributed by atoms with Crippen molar-refractivity contribution in [2.75, 3.05) is 0 Å². The number of imidazole rings is 1. The topological polar surface area (TPSA) is 75.1 Å². The third-order valence-electron chi connectivity index (χ3n) is 4.00. The van der Waals surface area contributed by atoms with Crippen LogP contribution in [0.5, 0.6) is 0 Å². The van der Waals surface area contributed by atoms with Crippen molar-refractivity contribution in [1.29, 1.82) is 0 Å². The van der Waals surface area contributed by atoms with E-state index in [0.29, 0.717) is 6.04 Å². The number of fused-ring (bicyclic) bond motifs is 1. The first-order valence-corrected chi connectivity index (χ1v) is 6.85. The minimum atomic E-state index is -0.820. The van der Waals surface area contributed by atoms with Crippen molar-refractivity contribution in [2.24, 2.45) is 0 Å². The van der Waals surface area contributed by atoms with Gasteiger partial charge < -0.3 is 10.1 Å². The second-order valence-electron chi connectivity index (χ2n) is 6.22. The Morgan fingerprint density at radius 2 is 2.15 bits per heavy atom. The van der Waals surface area contributed by atoms with Crippen molar-refractivity contribution in [1.82, 2.24) is 9.55 Å². The van der Waals surface area contributed by atoms with Gasteiger partial charge in [0.05, 0.1) is 17.5 Å². The van der Waals surface area contributed by atoms with E-state index in [1.54, 1.807) is 0 Å². The number of benzene rings is 1. The van der Waals surface area contributed by atoms with Crippen molar-refractivity contribution < 1.29 is 9.90 Å². The molecule has 0 aliphatic heterocycles. The van der Waals surface area contributed by atoms with Gasteiger partial charge >= 0.3 is 11.7 Å². The molecule has 3 rings (SSSR count). The van der Waals surface area contributed by atoms with Crippen LogP contribution in [0.3, 0.4) is 0 Å². The number of hydrogen-bond acceptors (Lipinski definition) is 2. The summed E-state index contributed by atoms with van der Waals surface area (Å²) in [5.41, 5.74) is 2.09. The molecule has 1 aliphatic rings. The standard InChI is InChI=1S/C15H18N2O3/c1-15(2,8-13(18)19)9-3-6-12-11(7-9)16-14(20)17(12)10-4-5-10/h3,6-7,10H,4-5,8H2,1-2H3,(H,16,20)(H,18,19). The molecule has 0 unspecified atom stereocenters.